The Balaban J connectivity index is 1.26. The van der Waals surface area contributed by atoms with E-state index in [1.165, 1.54) is 5.56 Å². The smallest absolute Gasteiger partial charge is 0.343 e. The summed E-state index contributed by atoms with van der Waals surface area (Å²) in [6, 6.07) is 18.0. The van der Waals surface area contributed by atoms with Crippen LogP contribution in [-0.4, -0.2) is 76.7 Å². The molecule has 2 fully saturated rings. The zero-order valence-electron chi connectivity index (χ0n) is 23.3. The summed E-state index contributed by atoms with van der Waals surface area (Å²) in [5.74, 6) is 1.52. The normalized spacial score (nSPS) is 16.7. The largest absolute Gasteiger partial charge is 0.378 e. The number of carbonyl (C=O) groups excluding carboxylic acids is 1. The van der Waals surface area contributed by atoms with Crippen LogP contribution in [0.3, 0.4) is 0 Å². The predicted molar refractivity (Wildman–Crippen MR) is 158 cm³/mol. The van der Waals surface area contributed by atoms with Crippen molar-refractivity contribution in [2.75, 3.05) is 56.2 Å². The Bertz CT molecular complexity index is 1450. The SMILES string of the molecule is CCONC(=O)Nc1ccc(-c2nc(N3CCOCC3)c3cnn(C4CCN(Cc5ccccc5)CC4)c3n2)cc1. The lowest BCUT2D eigenvalue weighted by molar-refractivity contribution is 0.0758. The van der Waals surface area contributed by atoms with Crippen molar-refractivity contribution in [3.63, 3.8) is 0 Å². The predicted octanol–water partition coefficient (Wildman–Crippen LogP) is 4.24. The maximum absolute atomic E-state index is 12.0. The van der Waals surface area contributed by atoms with Crippen molar-refractivity contribution < 1.29 is 14.4 Å². The van der Waals surface area contributed by atoms with Gasteiger partial charge in [0.1, 0.15) is 5.82 Å². The fourth-order valence-corrected chi connectivity index (χ4v) is 5.48. The fourth-order valence-electron chi connectivity index (χ4n) is 5.48. The molecule has 0 radical (unpaired) electrons. The molecule has 4 heterocycles. The van der Waals surface area contributed by atoms with Crippen molar-refractivity contribution in [2.24, 2.45) is 0 Å². The first-order chi connectivity index (χ1) is 20.2. The summed E-state index contributed by atoms with van der Waals surface area (Å²) in [6.45, 7) is 8.07. The van der Waals surface area contributed by atoms with Gasteiger partial charge in [-0.15, -0.1) is 0 Å². The molecule has 11 nitrogen and oxygen atoms in total. The summed E-state index contributed by atoms with van der Waals surface area (Å²) in [4.78, 5) is 31.8. The number of piperidine rings is 1. The highest BCUT2D eigenvalue weighted by atomic mass is 16.7. The average Bonchev–Trinajstić information content (AvgIpc) is 3.45. The first kappa shape index (κ1) is 27.1. The monoisotopic (exact) mass is 556 g/mol. The molecule has 2 N–H and O–H groups in total. The van der Waals surface area contributed by atoms with Crippen molar-refractivity contribution in [3.8, 4) is 11.4 Å². The number of hydrogen-bond donors (Lipinski definition) is 2. The molecule has 2 aliphatic rings. The van der Waals surface area contributed by atoms with Gasteiger partial charge in [0.05, 0.1) is 37.4 Å². The number of rotatable bonds is 8. The number of carbonyl (C=O) groups is 1. The van der Waals surface area contributed by atoms with Gasteiger partial charge in [-0.1, -0.05) is 30.3 Å². The highest BCUT2D eigenvalue weighted by molar-refractivity contribution is 5.90. The summed E-state index contributed by atoms with van der Waals surface area (Å²) in [6.07, 6.45) is 3.95. The van der Waals surface area contributed by atoms with E-state index in [1.54, 1.807) is 6.92 Å². The van der Waals surface area contributed by atoms with Crippen molar-refractivity contribution in [1.82, 2.24) is 30.1 Å². The minimum atomic E-state index is -0.425. The lowest BCUT2D eigenvalue weighted by Crippen LogP contribution is -2.37. The van der Waals surface area contributed by atoms with Crippen LogP contribution in [0.1, 0.15) is 31.4 Å². The molecule has 2 saturated heterocycles. The minimum Gasteiger partial charge on any atom is -0.378 e. The zero-order chi connectivity index (χ0) is 28.0. The van der Waals surface area contributed by atoms with Crippen molar-refractivity contribution in [3.05, 3.63) is 66.4 Å². The summed E-state index contributed by atoms with van der Waals surface area (Å²) < 4.78 is 7.72. The maximum Gasteiger partial charge on any atom is 0.343 e. The zero-order valence-corrected chi connectivity index (χ0v) is 23.3. The number of hydroxylamine groups is 1. The van der Waals surface area contributed by atoms with Crippen LogP contribution < -0.4 is 15.7 Å². The van der Waals surface area contributed by atoms with Crippen LogP contribution in [0, 0.1) is 0 Å². The van der Waals surface area contributed by atoms with Crippen LogP contribution in [0.5, 0.6) is 0 Å². The Kier molecular flexibility index (Phi) is 8.36. The Hall–Kier alpha value is -4.06. The maximum atomic E-state index is 12.0. The summed E-state index contributed by atoms with van der Waals surface area (Å²) in [5.41, 5.74) is 6.05. The van der Waals surface area contributed by atoms with E-state index < -0.39 is 6.03 Å². The van der Waals surface area contributed by atoms with Crippen LogP contribution in [0.4, 0.5) is 16.3 Å². The van der Waals surface area contributed by atoms with E-state index in [9.17, 15) is 4.79 Å². The molecule has 214 valence electrons. The number of nitrogens with one attached hydrogen (secondary N) is 2. The molecule has 2 amide bonds. The Labute approximate surface area is 239 Å². The molecule has 0 unspecified atom stereocenters. The van der Waals surface area contributed by atoms with Crippen molar-refractivity contribution in [2.45, 2.75) is 32.4 Å². The molecule has 11 heteroatoms. The molecule has 4 aromatic rings. The molecule has 2 aromatic heterocycles. The number of nitrogens with zero attached hydrogens (tertiary/aromatic N) is 6. The Morgan fingerprint density at radius 3 is 2.49 bits per heavy atom. The lowest BCUT2D eigenvalue weighted by atomic mass is 10.0. The van der Waals surface area contributed by atoms with Gasteiger partial charge in [0, 0.05) is 44.0 Å². The number of anilines is 2. The van der Waals surface area contributed by atoms with Gasteiger partial charge in [0.2, 0.25) is 0 Å². The number of ether oxygens (including phenoxy) is 1. The van der Waals surface area contributed by atoms with Crippen molar-refractivity contribution in [1.29, 1.82) is 0 Å². The van der Waals surface area contributed by atoms with Crippen LogP contribution in [0.2, 0.25) is 0 Å². The first-order valence-electron chi connectivity index (χ1n) is 14.3. The highest BCUT2D eigenvalue weighted by Crippen LogP contribution is 2.32. The van der Waals surface area contributed by atoms with Gasteiger partial charge in [-0.2, -0.15) is 5.10 Å². The highest BCUT2D eigenvalue weighted by Gasteiger charge is 2.26. The van der Waals surface area contributed by atoms with Crippen LogP contribution >= 0.6 is 0 Å². The molecule has 0 atom stereocenters. The van der Waals surface area contributed by atoms with Gasteiger partial charge in [0.25, 0.3) is 0 Å². The fraction of sp³-hybridized carbons (Fsp3) is 0.400. The first-order valence-corrected chi connectivity index (χ1v) is 14.3. The second-order valence-electron chi connectivity index (χ2n) is 10.4. The summed E-state index contributed by atoms with van der Waals surface area (Å²) >= 11 is 0. The molecular formula is C30H36N8O3. The third-order valence-electron chi connectivity index (χ3n) is 7.61. The Morgan fingerprint density at radius 2 is 1.76 bits per heavy atom. The van der Waals surface area contributed by atoms with Gasteiger partial charge >= 0.3 is 6.03 Å². The minimum absolute atomic E-state index is 0.273. The molecule has 0 spiro atoms. The second kappa shape index (κ2) is 12.6. The lowest BCUT2D eigenvalue weighted by Gasteiger charge is -2.32. The van der Waals surface area contributed by atoms with E-state index >= 15 is 0 Å². The van der Waals surface area contributed by atoms with Gasteiger partial charge in [-0.3, -0.25) is 9.74 Å². The summed E-state index contributed by atoms with van der Waals surface area (Å²) in [7, 11) is 0. The number of likely N-dealkylation sites (tertiary alicyclic amines) is 1. The summed E-state index contributed by atoms with van der Waals surface area (Å²) in [5, 5.41) is 8.59. The average molecular weight is 557 g/mol. The number of morpholine rings is 1. The van der Waals surface area contributed by atoms with Gasteiger partial charge in [-0.25, -0.2) is 24.9 Å². The van der Waals surface area contributed by atoms with Gasteiger partial charge in [0.15, 0.2) is 11.5 Å². The number of aromatic nitrogens is 4. The number of amides is 2. The molecule has 6 rings (SSSR count). The van der Waals surface area contributed by atoms with E-state index in [2.05, 4.69) is 55.6 Å². The molecule has 2 aromatic carbocycles. The number of urea groups is 1. The standard InChI is InChI=1S/C30H36N8O3/c1-2-41-35-30(39)32-24-10-8-23(9-11-24)27-33-28(37-16-18-40-19-17-37)26-20-31-38(29(26)34-27)25-12-14-36(15-13-25)21-22-6-4-3-5-7-22/h3-11,20,25H,2,12-19,21H2,1H3,(H2,32,35,39). The van der Waals surface area contributed by atoms with Crippen LogP contribution in [-0.2, 0) is 16.1 Å². The second-order valence-corrected chi connectivity index (χ2v) is 10.4. The van der Waals surface area contributed by atoms with E-state index in [0.29, 0.717) is 31.3 Å². The van der Waals surface area contributed by atoms with Crippen LogP contribution in [0.25, 0.3) is 22.4 Å². The van der Waals surface area contributed by atoms with Gasteiger partial charge < -0.3 is 15.0 Å². The molecule has 41 heavy (non-hydrogen) atoms. The van der Waals surface area contributed by atoms with Gasteiger partial charge in [-0.05, 0) is 49.6 Å². The van der Waals surface area contributed by atoms with E-state index in [-0.39, 0.29) is 6.04 Å². The van der Waals surface area contributed by atoms with E-state index in [1.807, 2.05) is 30.5 Å². The Morgan fingerprint density at radius 1 is 1.00 bits per heavy atom. The topological polar surface area (TPSA) is 110 Å². The van der Waals surface area contributed by atoms with E-state index in [4.69, 9.17) is 24.6 Å². The number of fused-ring (bicyclic) bond motifs is 1. The third kappa shape index (κ3) is 6.32. The van der Waals surface area contributed by atoms with Crippen LogP contribution in [0.15, 0.2) is 60.8 Å². The third-order valence-corrected chi connectivity index (χ3v) is 7.61. The van der Waals surface area contributed by atoms with E-state index in [0.717, 1.165) is 68.0 Å². The molecule has 0 aliphatic carbocycles. The van der Waals surface area contributed by atoms with Crippen molar-refractivity contribution >= 4 is 28.6 Å². The molecular weight excluding hydrogens is 520 g/mol. The quantitative estimate of drug-likeness (QED) is 0.310. The number of benzene rings is 2. The molecule has 0 bridgehead atoms. The molecule has 0 saturated carbocycles. The number of hydrogen-bond acceptors (Lipinski definition) is 8. The molecule has 2 aliphatic heterocycles.